The Hall–Kier alpha value is -1.30. The van der Waals surface area contributed by atoms with Crippen LogP contribution in [-0.4, -0.2) is 0 Å². The van der Waals surface area contributed by atoms with Crippen molar-refractivity contribution in [2.45, 2.75) is 112 Å². The van der Waals surface area contributed by atoms with Crippen LogP contribution in [0.2, 0.25) is 0 Å². The summed E-state index contributed by atoms with van der Waals surface area (Å²) in [6, 6.07) is 12.2. The van der Waals surface area contributed by atoms with Crippen LogP contribution in [0.4, 0.5) is 0 Å². The van der Waals surface area contributed by atoms with Crippen LogP contribution in [0.25, 0.3) is 10.8 Å². The number of rotatable bonds is 5. The Balaban J connectivity index is 1.23. The largest absolute Gasteiger partial charge is 0.0628 e. The van der Waals surface area contributed by atoms with E-state index < -0.39 is 0 Å². The summed E-state index contributed by atoms with van der Waals surface area (Å²) in [5.41, 5.74) is 5.87. The van der Waals surface area contributed by atoms with Gasteiger partial charge in [0.25, 0.3) is 0 Å². The summed E-state index contributed by atoms with van der Waals surface area (Å²) in [7, 11) is 0. The van der Waals surface area contributed by atoms with Crippen LogP contribution in [0, 0.1) is 59.2 Å². The molecule has 2 aromatic rings. The maximum absolute atomic E-state index is 2.75. The van der Waals surface area contributed by atoms with E-state index in [1.54, 1.807) is 11.1 Å². The minimum atomic E-state index is 0.510. The molecule has 4 aliphatic carbocycles. The van der Waals surface area contributed by atoms with E-state index in [1.807, 2.05) is 0 Å². The van der Waals surface area contributed by atoms with E-state index in [0.717, 1.165) is 41.4 Å². The van der Waals surface area contributed by atoms with Crippen LogP contribution < -0.4 is 0 Å². The van der Waals surface area contributed by atoms with Crippen molar-refractivity contribution in [1.29, 1.82) is 0 Å². The molecule has 0 spiro atoms. The van der Waals surface area contributed by atoms with Crippen molar-refractivity contribution >= 4 is 10.8 Å². The number of fused-ring (bicyclic) bond motifs is 7. The molecule has 8 atom stereocenters. The van der Waals surface area contributed by atoms with Gasteiger partial charge in [0.2, 0.25) is 0 Å². The first-order valence-corrected chi connectivity index (χ1v) is 15.7. The molecule has 4 aliphatic rings. The molecule has 0 saturated heterocycles. The molecule has 36 heavy (non-hydrogen) atoms. The lowest BCUT2D eigenvalue weighted by molar-refractivity contribution is -0.103. The summed E-state index contributed by atoms with van der Waals surface area (Å²) in [6.07, 6.45) is 16.0. The average Bonchev–Trinajstić information content (AvgIpc) is 3.18. The van der Waals surface area contributed by atoms with Crippen LogP contribution in [0.5, 0.6) is 0 Å². The van der Waals surface area contributed by atoms with Crippen LogP contribution in [0.1, 0.15) is 109 Å². The molecule has 196 valence electrons. The first kappa shape index (κ1) is 25.0. The molecule has 3 fully saturated rings. The number of hydrogen-bond donors (Lipinski definition) is 0. The van der Waals surface area contributed by atoms with Gasteiger partial charge in [-0.3, -0.25) is 0 Å². The van der Waals surface area contributed by atoms with Crippen molar-refractivity contribution in [2.75, 3.05) is 0 Å². The lowest BCUT2D eigenvalue weighted by Crippen LogP contribution is -2.54. The van der Waals surface area contributed by atoms with Gasteiger partial charge in [-0.25, -0.2) is 0 Å². The van der Waals surface area contributed by atoms with Crippen molar-refractivity contribution in [1.82, 2.24) is 0 Å². The molecule has 0 amide bonds. The van der Waals surface area contributed by atoms with Gasteiger partial charge in [0.05, 0.1) is 0 Å². The van der Waals surface area contributed by atoms with E-state index in [4.69, 9.17) is 0 Å². The Morgan fingerprint density at radius 3 is 2.39 bits per heavy atom. The molecule has 0 nitrogen and oxygen atoms in total. The third-order valence-electron chi connectivity index (χ3n) is 12.6. The van der Waals surface area contributed by atoms with E-state index in [-0.39, 0.29) is 0 Å². The van der Waals surface area contributed by atoms with E-state index in [9.17, 15) is 0 Å². The van der Waals surface area contributed by atoms with E-state index in [2.05, 4.69) is 71.9 Å². The van der Waals surface area contributed by atoms with E-state index in [1.165, 1.54) is 87.0 Å². The van der Waals surface area contributed by atoms with E-state index in [0.29, 0.717) is 10.8 Å². The number of aryl methyl sites for hydroxylation is 1. The summed E-state index contributed by atoms with van der Waals surface area (Å²) in [6.45, 7) is 15.1. The zero-order chi connectivity index (χ0) is 25.2. The smallest absolute Gasteiger partial charge is 0.0178 e. The molecule has 0 aromatic heterocycles. The Labute approximate surface area is 222 Å². The quantitative estimate of drug-likeness (QED) is 0.396. The molecule has 0 N–H and O–H groups in total. The Morgan fingerprint density at radius 1 is 0.806 bits per heavy atom. The monoisotopic (exact) mass is 484 g/mol. The van der Waals surface area contributed by atoms with Gasteiger partial charge >= 0.3 is 0 Å². The fraction of sp³-hybridized carbons (Fsp3) is 0.722. The van der Waals surface area contributed by atoms with E-state index >= 15 is 0 Å². The maximum atomic E-state index is 2.75. The second-order valence-electron chi connectivity index (χ2n) is 15.0. The average molecular weight is 485 g/mol. The molecule has 0 radical (unpaired) electrons. The Morgan fingerprint density at radius 2 is 1.58 bits per heavy atom. The molecule has 3 saturated carbocycles. The number of benzene rings is 2. The van der Waals surface area contributed by atoms with Gasteiger partial charge in [0.1, 0.15) is 0 Å². The second-order valence-corrected chi connectivity index (χ2v) is 15.0. The molecule has 0 heteroatoms. The zero-order valence-electron chi connectivity index (χ0n) is 24.2. The summed E-state index contributed by atoms with van der Waals surface area (Å²) >= 11 is 0. The molecule has 0 heterocycles. The SMILES string of the molecule is Cc1ccc2cc3c(cc2c1)CC1(C)C(CCC2C1CCC1(C)C(C(C)CCCC(C)C)CCC21)C3. The molecule has 0 bridgehead atoms. The lowest BCUT2D eigenvalue weighted by atomic mass is 9.44. The highest BCUT2D eigenvalue weighted by atomic mass is 14.6. The van der Waals surface area contributed by atoms with Crippen molar-refractivity contribution in [3.8, 4) is 0 Å². The fourth-order valence-electron chi connectivity index (χ4n) is 10.7. The predicted octanol–water partition coefficient (Wildman–Crippen LogP) is 10.2. The lowest BCUT2D eigenvalue weighted by Gasteiger charge is -2.61. The maximum Gasteiger partial charge on any atom is -0.0178 e. The summed E-state index contributed by atoms with van der Waals surface area (Å²) in [5, 5.41) is 2.91. The first-order valence-electron chi connectivity index (χ1n) is 15.7. The Bertz CT molecular complexity index is 1110. The number of hydrogen-bond acceptors (Lipinski definition) is 0. The van der Waals surface area contributed by atoms with Gasteiger partial charge in [0.15, 0.2) is 0 Å². The van der Waals surface area contributed by atoms with Gasteiger partial charge in [-0.2, -0.15) is 0 Å². The third kappa shape index (κ3) is 3.99. The normalized spacial score (nSPS) is 38.4. The fourth-order valence-corrected chi connectivity index (χ4v) is 10.7. The van der Waals surface area contributed by atoms with Crippen molar-refractivity contribution in [2.24, 2.45) is 52.3 Å². The second kappa shape index (κ2) is 9.17. The highest BCUT2D eigenvalue weighted by Gasteiger charge is 2.60. The van der Waals surface area contributed by atoms with Gasteiger partial charge < -0.3 is 0 Å². The highest BCUT2D eigenvalue weighted by Crippen LogP contribution is 2.68. The van der Waals surface area contributed by atoms with Gasteiger partial charge in [-0.15, -0.1) is 0 Å². The summed E-state index contributed by atoms with van der Waals surface area (Å²) < 4.78 is 0. The van der Waals surface area contributed by atoms with Crippen molar-refractivity contribution < 1.29 is 0 Å². The van der Waals surface area contributed by atoms with Crippen molar-refractivity contribution in [3.05, 3.63) is 47.0 Å². The molecule has 2 aromatic carbocycles. The summed E-state index contributed by atoms with van der Waals surface area (Å²) in [4.78, 5) is 0. The molecule has 0 aliphatic heterocycles. The first-order chi connectivity index (χ1) is 17.2. The Kier molecular flexibility index (Phi) is 6.37. The van der Waals surface area contributed by atoms with Crippen LogP contribution in [0.15, 0.2) is 30.3 Å². The molecule has 8 unspecified atom stereocenters. The molecular weight excluding hydrogens is 432 g/mol. The van der Waals surface area contributed by atoms with Gasteiger partial charge in [0, 0.05) is 0 Å². The van der Waals surface area contributed by atoms with Crippen LogP contribution in [-0.2, 0) is 12.8 Å². The standard InChI is InChI=1S/C36H52/c1-23(2)8-7-9-25(4)32-14-15-33-31-13-12-30-21-28-19-26-11-10-24(3)18-27(26)20-29(28)22-36(30,6)34(31)16-17-35(32,33)5/h10-11,18-20,23,25,30-34H,7-9,12-17,21-22H2,1-6H3. The minimum absolute atomic E-state index is 0.510. The zero-order valence-corrected chi connectivity index (χ0v) is 24.2. The van der Waals surface area contributed by atoms with Crippen molar-refractivity contribution in [3.63, 3.8) is 0 Å². The third-order valence-corrected chi connectivity index (χ3v) is 12.6. The van der Waals surface area contributed by atoms with Gasteiger partial charge in [-0.05, 0) is 132 Å². The summed E-state index contributed by atoms with van der Waals surface area (Å²) in [5.74, 6) is 6.58. The molecule has 6 rings (SSSR count). The van der Waals surface area contributed by atoms with Gasteiger partial charge in [-0.1, -0.05) is 89.8 Å². The van der Waals surface area contributed by atoms with Crippen LogP contribution in [0.3, 0.4) is 0 Å². The highest BCUT2D eigenvalue weighted by molar-refractivity contribution is 5.85. The predicted molar refractivity (Wildman–Crippen MR) is 155 cm³/mol. The minimum Gasteiger partial charge on any atom is -0.0628 e. The topological polar surface area (TPSA) is 0 Å². The van der Waals surface area contributed by atoms with Crippen LogP contribution >= 0.6 is 0 Å². The molecular formula is C36H52.